The van der Waals surface area contributed by atoms with Gasteiger partial charge in [-0.1, -0.05) is 37.3 Å². The van der Waals surface area contributed by atoms with Crippen LogP contribution in [0.15, 0.2) is 30.3 Å². The van der Waals surface area contributed by atoms with E-state index < -0.39 is 9.84 Å². The molecule has 1 aromatic carbocycles. The van der Waals surface area contributed by atoms with Crippen LogP contribution in [0.2, 0.25) is 0 Å². The van der Waals surface area contributed by atoms with Crippen molar-refractivity contribution < 1.29 is 8.42 Å². The molecule has 2 rings (SSSR count). The van der Waals surface area contributed by atoms with Gasteiger partial charge in [-0.25, -0.2) is 8.42 Å². The highest BCUT2D eigenvalue weighted by molar-refractivity contribution is 7.91. The fourth-order valence-electron chi connectivity index (χ4n) is 2.79. The molecule has 1 N–H and O–H groups in total. The molecule has 5 heteroatoms. The van der Waals surface area contributed by atoms with Crippen LogP contribution in [0.25, 0.3) is 0 Å². The van der Waals surface area contributed by atoms with E-state index in [9.17, 15) is 8.42 Å². The summed E-state index contributed by atoms with van der Waals surface area (Å²) in [6, 6.07) is 11.2. The van der Waals surface area contributed by atoms with Gasteiger partial charge >= 0.3 is 0 Å². The van der Waals surface area contributed by atoms with Crippen molar-refractivity contribution in [3.8, 4) is 0 Å². The molecule has 1 heterocycles. The first-order valence-electron chi connectivity index (χ1n) is 7.72. The number of hydrogen-bond acceptors (Lipinski definition) is 4. The maximum atomic E-state index is 11.7. The number of sulfone groups is 1. The fourth-order valence-corrected chi connectivity index (χ4v) is 3.60. The third-order valence-electron chi connectivity index (χ3n) is 4.17. The molecule has 118 valence electrons. The van der Waals surface area contributed by atoms with Gasteiger partial charge in [0.15, 0.2) is 9.84 Å². The molecule has 21 heavy (non-hydrogen) atoms. The average Bonchev–Trinajstić information content (AvgIpc) is 2.49. The van der Waals surface area contributed by atoms with Gasteiger partial charge in [-0.3, -0.25) is 4.90 Å². The third-order valence-corrected chi connectivity index (χ3v) is 5.85. The predicted octanol–water partition coefficient (Wildman–Crippen LogP) is 1.33. The van der Waals surface area contributed by atoms with E-state index in [4.69, 9.17) is 0 Å². The zero-order valence-electron chi connectivity index (χ0n) is 13.0. The number of nitrogens with zero attached hydrogens (tertiary/aromatic N) is 1. The minimum absolute atomic E-state index is 0.234. The summed E-state index contributed by atoms with van der Waals surface area (Å²) >= 11 is 0. The normalized spacial score (nSPS) is 24.1. The first-order chi connectivity index (χ1) is 10.00. The molecule has 1 aliphatic heterocycles. The molecule has 0 amide bonds. The second kappa shape index (κ2) is 7.38. The molecule has 1 fully saturated rings. The van der Waals surface area contributed by atoms with Crippen molar-refractivity contribution in [1.29, 1.82) is 0 Å². The molecule has 0 spiro atoms. The van der Waals surface area contributed by atoms with Crippen LogP contribution in [-0.4, -0.2) is 56.5 Å². The van der Waals surface area contributed by atoms with Crippen molar-refractivity contribution in [2.24, 2.45) is 0 Å². The van der Waals surface area contributed by atoms with Gasteiger partial charge < -0.3 is 5.32 Å². The molecule has 0 bridgehead atoms. The first-order valence-corrected chi connectivity index (χ1v) is 9.54. The Morgan fingerprint density at radius 1 is 1.29 bits per heavy atom. The van der Waals surface area contributed by atoms with E-state index in [0.29, 0.717) is 18.6 Å². The first kappa shape index (κ1) is 16.5. The molecule has 1 saturated heterocycles. The minimum atomic E-state index is -2.89. The molecule has 1 aliphatic rings. The van der Waals surface area contributed by atoms with E-state index in [0.717, 1.165) is 19.5 Å². The lowest BCUT2D eigenvalue weighted by Gasteiger charge is -2.39. The quantitative estimate of drug-likeness (QED) is 0.861. The van der Waals surface area contributed by atoms with Gasteiger partial charge in [0.25, 0.3) is 0 Å². The average molecular weight is 310 g/mol. The van der Waals surface area contributed by atoms with Gasteiger partial charge in [-0.2, -0.15) is 0 Å². The van der Waals surface area contributed by atoms with E-state index in [1.165, 1.54) is 5.56 Å². The lowest BCUT2D eigenvalue weighted by Crippen LogP contribution is -2.57. The fraction of sp³-hybridized carbons (Fsp3) is 0.625. The number of rotatable bonds is 6. The second-order valence-corrected chi connectivity index (χ2v) is 8.36. The summed E-state index contributed by atoms with van der Waals surface area (Å²) in [7, 11) is -2.89. The summed E-state index contributed by atoms with van der Waals surface area (Å²) in [6.07, 6.45) is 0.965. The molecule has 1 aromatic rings. The highest BCUT2D eigenvalue weighted by Gasteiger charge is 2.26. The standard InChI is InChI=1S/C16H26N2O2S/c1-3-21(19,20)10-9-18-13-14(2)17-12-16(18)11-15-7-5-4-6-8-15/h4-8,14,16-17H,3,9-13H2,1-2H3. The van der Waals surface area contributed by atoms with Gasteiger partial charge in [-0.05, 0) is 18.9 Å². The topological polar surface area (TPSA) is 49.4 Å². The summed E-state index contributed by atoms with van der Waals surface area (Å²) in [4.78, 5) is 2.33. The van der Waals surface area contributed by atoms with Gasteiger partial charge in [0.05, 0.1) is 5.75 Å². The lowest BCUT2D eigenvalue weighted by atomic mass is 10.0. The molecular weight excluding hydrogens is 284 g/mol. The predicted molar refractivity (Wildman–Crippen MR) is 87.3 cm³/mol. The minimum Gasteiger partial charge on any atom is -0.311 e. The number of benzene rings is 1. The third kappa shape index (κ3) is 5.09. The van der Waals surface area contributed by atoms with Crippen LogP contribution in [0.3, 0.4) is 0 Å². The zero-order chi connectivity index (χ0) is 15.3. The zero-order valence-corrected chi connectivity index (χ0v) is 13.8. The van der Waals surface area contributed by atoms with Crippen LogP contribution < -0.4 is 5.32 Å². The smallest absolute Gasteiger partial charge is 0.151 e. The molecule has 2 atom stereocenters. The van der Waals surface area contributed by atoms with Crippen molar-refractivity contribution in [2.45, 2.75) is 32.4 Å². The van der Waals surface area contributed by atoms with E-state index in [1.807, 2.05) is 6.07 Å². The summed E-state index contributed by atoms with van der Waals surface area (Å²) in [5, 5.41) is 3.50. The van der Waals surface area contributed by atoms with Crippen molar-refractivity contribution >= 4 is 9.84 Å². The summed E-state index contributed by atoms with van der Waals surface area (Å²) in [5.74, 6) is 0.500. The Bertz CT molecular complexity index is 530. The Labute approximate surface area is 128 Å². The van der Waals surface area contributed by atoms with E-state index in [-0.39, 0.29) is 11.5 Å². The van der Waals surface area contributed by atoms with E-state index >= 15 is 0 Å². The van der Waals surface area contributed by atoms with Crippen molar-refractivity contribution in [3.05, 3.63) is 35.9 Å². The van der Waals surface area contributed by atoms with Crippen LogP contribution >= 0.6 is 0 Å². The molecule has 0 aliphatic carbocycles. The van der Waals surface area contributed by atoms with Gasteiger partial charge in [0.1, 0.15) is 0 Å². The molecular formula is C16H26N2O2S. The van der Waals surface area contributed by atoms with Gasteiger partial charge in [0, 0.05) is 37.5 Å². The van der Waals surface area contributed by atoms with Crippen LogP contribution in [0.5, 0.6) is 0 Å². The Kier molecular flexibility index (Phi) is 5.79. The molecule has 4 nitrogen and oxygen atoms in total. The monoisotopic (exact) mass is 310 g/mol. The number of piperazine rings is 1. The molecule has 2 unspecified atom stereocenters. The van der Waals surface area contributed by atoms with E-state index in [2.05, 4.69) is 41.4 Å². The SMILES string of the molecule is CCS(=O)(=O)CCN1CC(C)NCC1Cc1ccccc1. The number of nitrogens with one attached hydrogen (secondary N) is 1. The van der Waals surface area contributed by atoms with Crippen LogP contribution in [0, 0.1) is 0 Å². The Hall–Kier alpha value is -0.910. The van der Waals surface area contributed by atoms with Crippen LogP contribution in [0.4, 0.5) is 0 Å². The second-order valence-electron chi connectivity index (χ2n) is 5.88. The van der Waals surface area contributed by atoms with Crippen LogP contribution in [0.1, 0.15) is 19.4 Å². The van der Waals surface area contributed by atoms with Gasteiger partial charge in [-0.15, -0.1) is 0 Å². The Morgan fingerprint density at radius 2 is 2.00 bits per heavy atom. The van der Waals surface area contributed by atoms with Crippen molar-refractivity contribution in [1.82, 2.24) is 10.2 Å². The Balaban J connectivity index is 2.00. The lowest BCUT2D eigenvalue weighted by molar-refractivity contribution is 0.143. The summed E-state index contributed by atoms with van der Waals surface area (Å²) in [5.41, 5.74) is 1.31. The van der Waals surface area contributed by atoms with Crippen molar-refractivity contribution in [2.75, 3.05) is 31.1 Å². The van der Waals surface area contributed by atoms with Crippen LogP contribution in [-0.2, 0) is 16.3 Å². The summed E-state index contributed by atoms with van der Waals surface area (Å²) in [6.45, 7) is 6.34. The molecule has 0 radical (unpaired) electrons. The van der Waals surface area contributed by atoms with Gasteiger partial charge in [0.2, 0.25) is 0 Å². The molecule has 0 aromatic heterocycles. The summed E-state index contributed by atoms with van der Waals surface area (Å²) < 4.78 is 23.5. The highest BCUT2D eigenvalue weighted by atomic mass is 32.2. The highest BCUT2D eigenvalue weighted by Crippen LogP contribution is 2.13. The van der Waals surface area contributed by atoms with Crippen molar-refractivity contribution in [3.63, 3.8) is 0 Å². The largest absolute Gasteiger partial charge is 0.311 e. The Morgan fingerprint density at radius 3 is 2.67 bits per heavy atom. The molecule has 0 saturated carbocycles. The maximum absolute atomic E-state index is 11.7. The van der Waals surface area contributed by atoms with E-state index in [1.54, 1.807) is 6.92 Å². The number of hydrogen-bond donors (Lipinski definition) is 1. The maximum Gasteiger partial charge on any atom is 0.151 e.